The standard InChI is InChI=1S/C7H15NO/c1-2-5-3-6(8)7(9)4-5/h5-7,9H,2-4,8H2,1H3. The van der Waals surface area contributed by atoms with Gasteiger partial charge in [-0.1, -0.05) is 13.3 Å². The van der Waals surface area contributed by atoms with E-state index in [1.807, 2.05) is 0 Å². The van der Waals surface area contributed by atoms with E-state index < -0.39 is 0 Å². The summed E-state index contributed by atoms with van der Waals surface area (Å²) in [6.45, 7) is 2.15. The summed E-state index contributed by atoms with van der Waals surface area (Å²) in [5.74, 6) is 0.676. The van der Waals surface area contributed by atoms with Gasteiger partial charge in [0.25, 0.3) is 0 Å². The van der Waals surface area contributed by atoms with E-state index in [9.17, 15) is 5.11 Å². The molecule has 1 aliphatic carbocycles. The number of nitrogens with two attached hydrogens (primary N) is 1. The average Bonchev–Trinajstić information content (AvgIpc) is 2.13. The topological polar surface area (TPSA) is 46.2 Å². The maximum absolute atomic E-state index is 9.17. The van der Waals surface area contributed by atoms with Crippen molar-refractivity contribution >= 4 is 0 Å². The average molecular weight is 129 g/mol. The molecule has 3 unspecified atom stereocenters. The molecular formula is C7H15NO. The summed E-state index contributed by atoms with van der Waals surface area (Å²) in [5, 5.41) is 9.17. The van der Waals surface area contributed by atoms with Gasteiger partial charge in [-0.25, -0.2) is 0 Å². The largest absolute Gasteiger partial charge is 0.392 e. The first-order valence-electron chi connectivity index (χ1n) is 3.67. The summed E-state index contributed by atoms with van der Waals surface area (Å²) in [6, 6.07) is 0.0509. The second kappa shape index (κ2) is 2.67. The third-order valence-electron chi connectivity index (χ3n) is 2.25. The van der Waals surface area contributed by atoms with Crippen molar-refractivity contribution in [3.05, 3.63) is 0 Å². The van der Waals surface area contributed by atoms with Crippen LogP contribution in [0.15, 0.2) is 0 Å². The van der Waals surface area contributed by atoms with E-state index in [0.717, 1.165) is 19.3 Å². The van der Waals surface area contributed by atoms with E-state index >= 15 is 0 Å². The molecule has 0 aromatic heterocycles. The van der Waals surface area contributed by atoms with E-state index in [1.54, 1.807) is 0 Å². The predicted molar refractivity (Wildman–Crippen MR) is 37.0 cm³/mol. The second-order valence-corrected chi connectivity index (χ2v) is 2.98. The Hall–Kier alpha value is -0.0800. The molecular weight excluding hydrogens is 114 g/mol. The van der Waals surface area contributed by atoms with Crippen LogP contribution in [0.3, 0.4) is 0 Å². The van der Waals surface area contributed by atoms with Gasteiger partial charge in [-0.2, -0.15) is 0 Å². The molecule has 0 aliphatic heterocycles. The lowest BCUT2D eigenvalue weighted by Gasteiger charge is -2.04. The molecule has 0 aromatic rings. The Morgan fingerprint density at radius 3 is 2.44 bits per heavy atom. The van der Waals surface area contributed by atoms with Crippen molar-refractivity contribution in [2.75, 3.05) is 0 Å². The van der Waals surface area contributed by atoms with Crippen LogP contribution >= 0.6 is 0 Å². The molecule has 1 aliphatic rings. The number of hydrogen-bond acceptors (Lipinski definition) is 2. The van der Waals surface area contributed by atoms with Crippen LogP contribution in [0.4, 0.5) is 0 Å². The van der Waals surface area contributed by atoms with Crippen molar-refractivity contribution < 1.29 is 5.11 Å². The van der Waals surface area contributed by atoms with Crippen molar-refractivity contribution in [1.29, 1.82) is 0 Å². The highest BCUT2D eigenvalue weighted by atomic mass is 16.3. The summed E-state index contributed by atoms with van der Waals surface area (Å²) in [6.07, 6.45) is 2.86. The van der Waals surface area contributed by atoms with Crippen LogP contribution in [-0.2, 0) is 0 Å². The van der Waals surface area contributed by atoms with Crippen LogP contribution in [0.25, 0.3) is 0 Å². The van der Waals surface area contributed by atoms with Crippen LogP contribution in [0, 0.1) is 5.92 Å². The first-order valence-corrected chi connectivity index (χ1v) is 3.67. The quantitative estimate of drug-likeness (QED) is 0.541. The number of rotatable bonds is 1. The molecule has 0 aromatic carbocycles. The molecule has 3 atom stereocenters. The van der Waals surface area contributed by atoms with Gasteiger partial charge in [-0.15, -0.1) is 0 Å². The summed E-state index contributed by atoms with van der Waals surface area (Å²) >= 11 is 0. The molecule has 2 heteroatoms. The van der Waals surface area contributed by atoms with E-state index in [2.05, 4.69) is 6.92 Å². The van der Waals surface area contributed by atoms with Gasteiger partial charge >= 0.3 is 0 Å². The second-order valence-electron chi connectivity index (χ2n) is 2.98. The van der Waals surface area contributed by atoms with Crippen LogP contribution < -0.4 is 5.73 Å². The molecule has 0 amide bonds. The van der Waals surface area contributed by atoms with Crippen LogP contribution in [-0.4, -0.2) is 17.3 Å². The van der Waals surface area contributed by atoms with Gasteiger partial charge in [0.05, 0.1) is 6.10 Å². The summed E-state index contributed by atoms with van der Waals surface area (Å²) in [7, 11) is 0. The number of hydrogen-bond donors (Lipinski definition) is 2. The maximum Gasteiger partial charge on any atom is 0.0693 e. The highest BCUT2D eigenvalue weighted by Crippen LogP contribution is 2.26. The molecule has 54 valence electrons. The smallest absolute Gasteiger partial charge is 0.0693 e. The van der Waals surface area contributed by atoms with Crippen molar-refractivity contribution in [1.82, 2.24) is 0 Å². The minimum atomic E-state index is -0.227. The highest BCUT2D eigenvalue weighted by molar-refractivity contribution is 4.84. The lowest BCUT2D eigenvalue weighted by molar-refractivity contribution is 0.161. The predicted octanol–water partition coefficient (Wildman–Crippen LogP) is 0.495. The van der Waals surface area contributed by atoms with Crippen LogP contribution in [0.2, 0.25) is 0 Å². The first-order chi connectivity index (χ1) is 4.24. The Balaban J connectivity index is 2.35. The minimum absolute atomic E-state index is 0.0509. The fourth-order valence-electron chi connectivity index (χ4n) is 1.49. The van der Waals surface area contributed by atoms with Gasteiger partial charge in [0.1, 0.15) is 0 Å². The van der Waals surface area contributed by atoms with Gasteiger partial charge in [0, 0.05) is 6.04 Å². The van der Waals surface area contributed by atoms with Crippen molar-refractivity contribution in [3.63, 3.8) is 0 Å². The minimum Gasteiger partial charge on any atom is -0.392 e. The Morgan fingerprint density at radius 1 is 1.56 bits per heavy atom. The SMILES string of the molecule is CCC1CC(N)C(O)C1. The van der Waals surface area contributed by atoms with Gasteiger partial charge in [-0.05, 0) is 18.8 Å². The lowest BCUT2D eigenvalue weighted by atomic mass is 10.1. The summed E-state index contributed by atoms with van der Waals surface area (Å²) < 4.78 is 0. The van der Waals surface area contributed by atoms with Crippen molar-refractivity contribution in [2.45, 2.75) is 38.3 Å². The fraction of sp³-hybridized carbons (Fsp3) is 1.00. The third kappa shape index (κ3) is 1.43. The summed E-state index contributed by atoms with van der Waals surface area (Å²) in [4.78, 5) is 0. The van der Waals surface area contributed by atoms with Gasteiger partial charge in [0.2, 0.25) is 0 Å². The Kier molecular flexibility index (Phi) is 2.09. The van der Waals surface area contributed by atoms with Crippen molar-refractivity contribution in [2.24, 2.45) is 11.7 Å². The Labute approximate surface area is 56.1 Å². The molecule has 2 nitrogen and oxygen atoms in total. The van der Waals surface area contributed by atoms with E-state index in [1.165, 1.54) is 0 Å². The molecule has 0 bridgehead atoms. The molecule has 0 radical (unpaired) electrons. The van der Waals surface area contributed by atoms with Gasteiger partial charge in [-0.3, -0.25) is 0 Å². The van der Waals surface area contributed by atoms with E-state index in [-0.39, 0.29) is 12.1 Å². The molecule has 3 N–H and O–H groups in total. The maximum atomic E-state index is 9.17. The lowest BCUT2D eigenvalue weighted by Crippen LogP contribution is -2.28. The Morgan fingerprint density at radius 2 is 2.22 bits per heavy atom. The van der Waals surface area contributed by atoms with E-state index in [4.69, 9.17) is 5.73 Å². The van der Waals surface area contributed by atoms with Gasteiger partial charge in [0.15, 0.2) is 0 Å². The Bertz CT molecular complexity index is 84.9. The highest BCUT2D eigenvalue weighted by Gasteiger charge is 2.28. The summed E-state index contributed by atoms with van der Waals surface area (Å²) in [5.41, 5.74) is 5.59. The molecule has 1 fully saturated rings. The zero-order chi connectivity index (χ0) is 6.85. The van der Waals surface area contributed by atoms with E-state index in [0.29, 0.717) is 5.92 Å². The fourth-order valence-corrected chi connectivity index (χ4v) is 1.49. The molecule has 0 heterocycles. The van der Waals surface area contributed by atoms with Crippen LogP contribution in [0.1, 0.15) is 26.2 Å². The van der Waals surface area contributed by atoms with Crippen LogP contribution in [0.5, 0.6) is 0 Å². The molecule has 1 rings (SSSR count). The molecule has 9 heavy (non-hydrogen) atoms. The first kappa shape index (κ1) is 7.03. The van der Waals surface area contributed by atoms with Gasteiger partial charge < -0.3 is 10.8 Å². The normalized spacial score (nSPS) is 43.7. The molecule has 0 spiro atoms. The zero-order valence-electron chi connectivity index (χ0n) is 5.88. The molecule has 0 saturated heterocycles. The van der Waals surface area contributed by atoms with Crippen molar-refractivity contribution in [3.8, 4) is 0 Å². The third-order valence-corrected chi connectivity index (χ3v) is 2.25. The number of aliphatic hydroxyl groups excluding tert-OH is 1. The molecule has 1 saturated carbocycles. The number of aliphatic hydroxyl groups is 1. The zero-order valence-corrected chi connectivity index (χ0v) is 5.88. The monoisotopic (exact) mass is 129 g/mol.